The van der Waals surface area contributed by atoms with Gasteiger partial charge >= 0.3 is 0 Å². The number of aliphatic hydroxyl groups excluding tert-OH is 1. The summed E-state index contributed by atoms with van der Waals surface area (Å²) in [5, 5.41) is 12.6. The lowest BCUT2D eigenvalue weighted by Crippen LogP contribution is -2.34. The van der Waals surface area contributed by atoms with E-state index in [9.17, 15) is 4.39 Å². The minimum atomic E-state index is -0.295. The molecule has 1 atom stereocenters. The summed E-state index contributed by atoms with van der Waals surface area (Å²) in [6.45, 7) is 4.64. The highest BCUT2D eigenvalue weighted by molar-refractivity contribution is 6.31. The van der Waals surface area contributed by atoms with Gasteiger partial charge in [0.05, 0.1) is 0 Å². The molecule has 0 fully saturated rings. The molecule has 1 aromatic carbocycles. The van der Waals surface area contributed by atoms with Gasteiger partial charge in [0.2, 0.25) is 0 Å². The fraction of sp³-hybridized carbons (Fsp3) is 0.538. The highest BCUT2D eigenvalue weighted by Gasteiger charge is 2.14. The summed E-state index contributed by atoms with van der Waals surface area (Å²) in [5.74, 6) is 0.0872. The first-order valence-electron chi connectivity index (χ1n) is 5.83. The maximum Gasteiger partial charge on any atom is 0.129 e. The predicted molar refractivity (Wildman–Crippen MR) is 68.6 cm³/mol. The number of benzene rings is 1. The molecule has 0 aliphatic heterocycles. The first-order valence-corrected chi connectivity index (χ1v) is 6.21. The number of hydrogen-bond acceptors (Lipinski definition) is 2. The predicted octanol–water partition coefficient (Wildman–Crippen LogP) is 2.98. The molecule has 0 aromatic heterocycles. The molecule has 0 aliphatic rings. The van der Waals surface area contributed by atoms with Gasteiger partial charge in [0.25, 0.3) is 0 Å². The van der Waals surface area contributed by atoms with Gasteiger partial charge in [-0.1, -0.05) is 31.5 Å². The van der Waals surface area contributed by atoms with Crippen molar-refractivity contribution in [2.24, 2.45) is 5.92 Å². The van der Waals surface area contributed by atoms with Crippen molar-refractivity contribution in [2.75, 3.05) is 6.61 Å². The lowest BCUT2D eigenvalue weighted by Gasteiger charge is -2.22. The number of halogens is 2. The molecule has 2 N–H and O–H groups in total. The molecule has 0 spiro atoms. The van der Waals surface area contributed by atoms with E-state index in [0.717, 1.165) is 0 Å². The fourth-order valence-corrected chi connectivity index (χ4v) is 1.97. The standard InChI is InChI=1S/C13H19ClFNO/c1-9(2)13(6-7-17)16-8-10-11(14)4-3-5-12(10)15/h3-5,9,13,16-17H,6-8H2,1-2H3. The van der Waals surface area contributed by atoms with Crippen LogP contribution in [0.25, 0.3) is 0 Å². The van der Waals surface area contributed by atoms with Gasteiger partial charge in [-0.15, -0.1) is 0 Å². The van der Waals surface area contributed by atoms with Crippen LogP contribution >= 0.6 is 11.6 Å². The smallest absolute Gasteiger partial charge is 0.129 e. The number of nitrogens with one attached hydrogen (secondary N) is 1. The highest BCUT2D eigenvalue weighted by atomic mass is 35.5. The molecule has 0 radical (unpaired) electrons. The largest absolute Gasteiger partial charge is 0.396 e. The molecule has 1 aromatic rings. The molecule has 17 heavy (non-hydrogen) atoms. The lowest BCUT2D eigenvalue weighted by molar-refractivity contribution is 0.243. The van der Waals surface area contributed by atoms with Crippen molar-refractivity contribution in [1.29, 1.82) is 0 Å². The number of hydrogen-bond donors (Lipinski definition) is 2. The van der Waals surface area contributed by atoms with Gasteiger partial charge in [0, 0.05) is 29.8 Å². The van der Waals surface area contributed by atoms with E-state index >= 15 is 0 Å². The molecule has 0 saturated carbocycles. The van der Waals surface area contributed by atoms with Crippen LogP contribution in [0, 0.1) is 11.7 Å². The zero-order valence-corrected chi connectivity index (χ0v) is 11.0. The first kappa shape index (κ1) is 14.4. The van der Waals surface area contributed by atoms with E-state index in [-0.39, 0.29) is 18.5 Å². The van der Waals surface area contributed by atoms with Crippen LogP contribution in [-0.4, -0.2) is 17.8 Å². The van der Waals surface area contributed by atoms with Gasteiger partial charge in [-0.25, -0.2) is 4.39 Å². The molecule has 96 valence electrons. The topological polar surface area (TPSA) is 32.3 Å². The summed E-state index contributed by atoms with van der Waals surface area (Å²) in [5.41, 5.74) is 0.484. The molecular weight excluding hydrogens is 241 g/mol. The monoisotopic (exact) mass is 259 g/mol. The Morgan fingerprint density at radius 2 is 2.12 bits per heavy atom. The normalized spacial score (nSPS) is 13.1. The molecule has 0 amide bonds. The summed E-state index contributed by atoms with van der Waals surface area (Å²) >= 11 is 5.94. The quantitative estimate of drug-likeness (QED) is 0.823. The number of rotatable bonds is 6. The van der Waals surface area contributed by atoms with E-state index in [2.05, 4.69) is 19.2 Å². The Hall–Kier alpha value is -0.640. The van der Waals surface area contributed by atoms with Crippen molar-refractivity contribution >= 4 is 11.6 Å². The van der Waals surface area contributed by atoms with E-state index in [1.165, 1.54) is 6.07 Å². The van der Waals surface area contributed by atoms with Crippen LogP contribution in [0.5, 0.6) is 0 Å². The third kappa shape index (κ3) is 4.26. The molecule has 0 aliphatic carbocycles. The van der Waals surface area contributed by atoms with Gasteiger partial charge in [-0.05, 0) is 24.5 Å². The Morgan fingerprint density at radius 3 is 2.65 bits per heavy atom. The molecule has 1 unspecified atom stereocenters. The zero-order chi connectivity index (χ0) is 12.8. The summed E-state index contributed by atoms with van der Waals surface area (Å²) in [7, 11) is 0. The average Bonchev–Trinajstić information content (AvgIpc) is 2.26. The van der Waals surface area contributed by atoms with Gasteiger partial charge in [0.1, 0.15) is 5.82 Å². The second kappa shape index (κ2) is 6.94. The Morgan fingerprint density at radius 1 is 1.41 bits per heavy atom. The summed E-state index contributed by atoms with van der Waals surface area (Å²) in [6, 6.07) is 4.84. The van der Waals surface area contributed by atoms with Crippen molar-refractivity contribution in [1.82, 2.24) is 5.32 Å². The Kier molecular flexibility index (Phi) is 5.89. The minimum Gasteiger partial charge on any atom is -0.396 e. The van der Waals surface area contributed by atoms with Gasteiger partial charge < -0.3 is 10.4 Å². The van der Waals surface area contributed by atoms with Crippen molar-refractivity contribution < 1.29 is 9.50 Å². The summed E-state index contributed by atoms with van der Waals surface area (Å²) < 4.78 is 13.5. The van der Waals surface area contributed by atoms with E-state index in [4.69, 9.17) is 16.7 Å². The summed E-state index contributed by atoms with van der Waals surface area (Å²) in [6.07, 6.45) is 0.656. The van der Waals surface area contributed by atoms with Crippen molar-refractivity contribution in [3.8, 4) is 0 Å². The zero-order valence-electron chi connectivity index (χ0n) is 10.2. The van der Waals surface area contributed by atoms with Crippen LogP contribution in [0.4, 0.5) is 4.39 Å². The number of aliphatic hydroxyl groups is 1. The second-order valence-corrected chi connectivity index (χ2v) is 4.85. The van der Waals surface area contributed by atoms with Crippen LogP contribution in [0.15, 0.2) is 18.2 Å². The van der Waals surface area contributed by atoms with Crippen LogP contribution in [0.1, 0.15) is 25.8 Å². The van der Waals surface area contributed by atoms with E-state index in [0.29, 0.717) is 29.5 Å². The van der Waals surface area contributed by atoms with E-state index < -0.39 is 0 Å². The van der Waals surface area contributed by atoms with Crippen molar-refractivity contribution in [3.05, 3.63) is 34.6 Å². The Labute approximate surface area is 107 Å². The van der Waals surface area contributed by atoms with Crippen LogP contribution < -0.4 is 5.32 Å². The minimum absolute atomic E-state index is 0.126. The summed E-state index contributed by atoms with van der Waals surface area (Å²) in [4.78, 5) is 0. The first-order chi connectivity index (χ1) is 8.06. The maximum absolute atomic E-state index is 13.5. The molecular formula is C13H19ClFNO. The average molecular weight is 260 g/mol. The van der Waals surface area contributed by atoms with Gasteiger partial charge in [0.15, 0.2) is 0 Å². The highest BCUT2D eigenvalue weighted by Crippen LogP contribution is 2.19. The Balaban J connectivity index is 2.65. The van der Waals surface area contributed by atoms with Gasteiger partial charge in [-0.2, -0.15) is 0 Å². The molecule has 0 heterocycles. The third-order valence-corrected chi connectivity index (χ3v) is 3.20. The maximum atomic E-state index is 13.5. The molecule has 0 saturated heterocycles. The molecule has 2 nitrogen and oxygen atoms in total. The molecule has 0 bridgehead atoms. The fourth-order valence-electron chi connectivity index (χ4n) is 1.74. The van der Waals surface area contributed by atoms with E-state index in [1.54, 1.807) is 12.1 Å². The Bertz CT molecular complexity index is 337. The SMILES string of the molecule is CC(C)C(CCO)NCc1c(F)cccc1Cl. The molecule has 1 rings (SSSR count). The lowest BCUT2D eigenvalue weighted by atomic mass is 10.0. The van der Waals surface area contributed by atoms with Crippen LogP contribution in [0.2, 0.25) is 5.02 Å². The van der Waals surface area contributed by atoms with Crippen molar-refractivity contribution in [2.45, 2.75) is 32.9 Å². The second-order valence-electron chi connectivity index (χ2n) is 4.44. The third-order valence-electron chi connectivity index (χ3n) is 2.85. The molecule has 4 heteroatoms. The van der Waals surface area contributed by atoms with Crippen LogP contribution in [0.3, 0.4) is 0 Å². The van der Waals surface area contributed by atoms with Gasteiger partial charge in [-0.3, -0.25) is 0 Å². The van der Waals surface area contributed by atoms with E-state index in [1.807, 2.05) is 0 Å². The van der Waals surface area contributed by atoms with Crippen molar-refractivity contribution in [3.63, 3.8) is 0 Å². The van der Waals surface area contributed by atoms with Crippen LogP contribution in [-0.2, 0) is 6.54 Å².